The van der Waals surface area contributed by atoms with Gasteiger partial charge in [-0.2, -0.15) is 19.1 Å². The average molecular weight is 583 g/mol. The molecule has 1 aromatic heterocycles. The fraction of sp³-hybridized carbons (Fsp3) is 0.273. The molecule has 0 unspecified atom stereocenters. The monoisotopic (exact) mass is 582 g/mol. The maximum atomic E-state index is 15.1. The van der Waals surface area contributed by atoms with E-state index >= 15 is 8.78 Å². The summed E-state index contributed by atoms with van der Waals surface area (Å²) in [6.07, 6.45) is 1.42. The van der Waals surface area contributed by atoms with Crippen molar-refractivity contribution in [2.45, 2.75) is 45.8 Å². The van der Waals surface area contributed by atoms with Gasteiger partial charge in [0.1, 0.15) is 5.69 Å². The molecule has 1 aliphatic heterocycles. The highest BCUT2D eigenvalue weighted by molar-refractivity contribution is 6.13. The van der Waals surface area contributed by atoms with E-state index in [0.29, 0.717) is 24.3 Å². The molecule has 0 spiro atoms. The molecule has 0 fully saturated rings. The molecule has 4 aromatic rings. The van der Waals surface area contributed by atoms with Gasteiger partial charge >= 0.3 is 0 Å². The summed E-state index contributed by atoms with van der Waals surface area (Å²) >= 11 is 0. The van der Waals surface area contributed by atoms with Crippen LogP contribution in [0.1, 0.15) is 63.9 Å². The first-order valence-corrected chi connectivity index (χ1v) is 14.2. The Morgan fingerprint density at radius 1 is 1.07 bits per heavy atom. The number of fused-ring (bicyclic) bond motifs is 1. The zero-order chi connectivity index (χ0) is 30.7. The fourth-order valence-corrected chi connectivity index (χ4v) is 5.35. The number of rotatable bonds is 9. The van der Waals surface area contributed by atoms with Crippen molar-refractivity contribution in [2.24, 2.45) is 0 Å². The molecule has 0 saturated carbocycles. The predicted molar refractivity (Wildman–Crippen MR) is 160 cm³/mol. The topological polar surface area (TPSA) is 94.3 Å². The second-order valence-electron chi connectivity index (χ2n) is 10.5. The standard InChI is InChI=1S/C33H32F2N6O2/c1-4-39(5-2)21-24-12-11-23(17-25(24)18-36)31(42)38-29-19-37-40-20-22(3)41(32(43)30(29)40)28-15-13-27(14-16-28)33(34,35)26-9-7-6-8-10-26/h6-17,19,22H,4-5,20-21H2,1-3H3,(H,38,42)/t22-/m0/s1. The number of benzene rings is 3. The normalized spacial score (nSPS) is 14.9. The molecular weight excluding hydrogens is 550 g/mol. The maximum absolute atomic E-state index is 15.1. The highest BCUT2D eigenvalue weighted by Crippen LogP contribution is 2.37. The van der Waals surface area contributed by atoms with Crippen LogP contribution in [0.5, 0.6) is 0 Å². The molecule has 43 heavy (non-hydrogen) atoms. The quantitative estimate of drug-likeness (QED) is 0.260. The Kier molecular flexibility index (Phi) is 8.37. The highest BCUT2D eigenvalue weighted by Gasteiger charge is 2.37. The van der Waals surface area contributed by atoms with Crippen LogP contribution in [0.25, 0.3) is 0 Å². The third-order valence-corrected chi connectivity index (χ3v) is 7.81. The van der Waals surface area contributed by atoms with E-state index in [4.69, 9.17) is 0 Å². The van der Waals surface area contributed by atoms with E-state index in [1.165, 1.54) is 52.2 Å². The van der Waals surface area contributed by atoms with Crippen molar-refractivity contribution in [3.8, 4) is 6.07 Å². The number of nitrogens with one attached hydrogen (secondary N) is 1. The number of carbonyl (C=O) groups excluding carboxylic acids is 2. The van der Waals surface area contributed by atoms with Crippen LogP contribution in [0.15, 0.2) is 79.0 Å². The van der Waals surface area contributed by atoms with Crippen LogP contribution in [0.3, 0.4) is 0 Å². The summed E-state index contributed by atoms with van der Waals surface area (Å²) in [6, 6.07) is 20.1. The number of amides is 2. The number of alkyl halides is 2. The molecule has 8 nitrogen and oxygen atoms in total. The van der Waals surface area contributed by atoms with Crippen molar-refractivity contribution in [1.82, 2.24) is 14.7 Å². The second-order valence-corrected chi connectivity index (χ2v) is 10.5. The van der Waals surface area contributed by atoms with Gasteiger partial charge in [-0.1, -0.05) is 62.4 Å². The van der Waals surface area contributed by atoms with Crippen LogP contribution in [-0.2, 0) is 19.0 Å². The lowest BCUT2D eigenvalue weighted by atomic mass is 9.99. The number of halogens is 2. The first-order chi connectivity index (χ1) is 20.7. The van der Waals surface area contributed by atoms with Gasteiger partial charge in [-0.15, -0.1) is 0 Å². The van der Waals surface area contributed by atoms with Crippen molar-refractivity contribution >= 4 is 23.2 Å². The zero-order valence-electron chi connectivity index (χ0n) is 24.2. The minimum atomic E-state index is -3.19. The summed E-state index contributed by atoms with van der Waals surface area (Å²) in [7, 11) is 0. The van der Waals surface area contributed by atoms with Crippen LogP contribution in [0.4, 0.5) is 20.2 Å². The number of hydrogen-bond donors (Lipinski definition) is 1. The smallest absolute Gasteiger partial charge is 0.298 e. The lowest BCUT2D eigenvalue weighted by Crippen LogP contribution is -2.47. The largest absolute Gasteiger partial charge is 0.319 e. The number of hydrogen-bond acceptors (Lipinski definition) is 5. The van der Waals surface area contributed by atoms with Gasteiger partial charge in [-0.25, -0.2) is 0 Å². The van der Waals surface area contributed by atoms with Gasteiger partial charge < -0.3 is 10.2 Å². The highest BCUT2D eigenvalue weighted by atomic mass is 19.3. The molecule has 1 N–H and O–H groups in total. The molecule has 0 bridgehead atoms. The van der Waals surface area contributed by atoms with Crippen LogP contribution in [-0.4, -0.2) is 45.6 Å². The van der Waals surface area contributed by atoms with E-state index in [0.717, 1.165) is 18.7 Å². The number of anilines is 2. The Bertz CT molecular complexity index is 1670. The van der Waals surface area contributed by atoms with Gasteiger partial charge in [0, 0.05) is 28.9 Å². The molecule has 5 rings (SSSR count). The molecule has 1 atom stereocenters. The summed E-state index contributed by atoms with van der Waals surface area (Å²) in [4.78, 5) is 30.7. The summed E-state index contributed by atoms with van der Waals surface area (Å²) in [5.41, 5.74) is 2.09. The summed E-state index contributed by atoms with van der Waals surface area (Å²) < 4.78 is 31.7. The molecule has 0 saturated heterocycles. The van der Waals surface area contributed by atoms with Crippen LogP contribution >= 0.6 is 0 Å². The minimum Gasteiger partial charge on any atom is -0.319 e. The number of carbonyl (C=O) groups is 2. The minimum absolute atomic E-state index is 0.116. The number of nitriles is 1. The van der Waals surface area contributed by atoms with Crippen molar-refractivity contribution in [3.63, 3.8) is 0 Å². The van der Waals surface area contributed by atoms with Gasteiger partial charge in [0.25, 0.3) is 17.7 Å². The SMILES string of the molecule is CCN(CC)Cc1ccc(C(=O)Nc2cnn3c2C(=O)N(c2ccc(C(F)(F)c4ccccc4)cc2)[C@@H](C)C3)cc1C#N. The molecule has 0 aliphatic carbocycles. The van der Waals surface area contributed by atoms with E-state index in [-0.39, 0.29) is 34.1 Å². The lowest BCUT2D eigenvalue weighted by Gasteiger charge is -2.34. The van der Waals surface area contributed by atoms with E-state index in [2.05, 4.69) is 21.4 Å². The molecule has 2 amide bonds. The van der Waals surface area contributed by atoms with Gasteiger partial charge in [-0.05, 0) is 49.8 Å². The first-order valence-electron chi connectivity index (χ1n) is 14.2. The Morgan fingerprint density at radius 2 is 1.74 bits per heavy atom. The molecule has 3 aromatic carbocycles. The van der Waals surface area contributed by atoms with Gasteiger partial charge in [0.2, 0.25) is 0 Å². The summed E-state index contributed by atoms with van der Waals surface area (Å²) in [6.45, 7) is 8.56. The maximum Gasteiger partial charge on any atom is 0.298 e. The van der Waals surface area contributed by atoms with Gasteiger partial charge in [0.15, 0.2) is 0 Å². The third kappa shape index (κ3) is 5.76. The van der Waals surface area contributed by atoms with E-state index in [1.807, 2.05) is 20.8 Å². The molecule has 2 heterocycles. The zero-order valence-corrected chi connectivity index (χ0v) is 24.2. The Morgan fingerprint density at radius 3 is 2.40 bits per heavy atom. The fourth-order valence-electron chi connectivity index (χ4n) is 5.35. The van der Waals surface area contributed by atoms with Crippen molar-refractivity contribution in [2.75, 3.05) is 23.3 Å². The third-order valence-electron chi connectivity index (χ3n) is 7.81. The van der Waals surface area contributed by atoms with Gasteiger partial charge in [-0.3, -0.25) is 19.2 Å². The predicted octanol–water partition coefficient (Wildman–Crippen LogP) is 6.04. The van der Waals surface area contributed by atoms with Crippen LogP contribution < -0.4 is 10.2 Å². The number of aromatic nitrogens is 2. The molecule has 1 aliphatic rings. The second kappa shape index (κ2) is 12.2. The van der Waals surface area contributed by atoms with E-state index < -0.39 is 17.7 Å². The van der Waals surface area contributed by atoms with Crippen LogP contribution in [0.2, 0.25) is 0 Å². The summed E-state index contributed by atoms with van der Waals surface area (Å²) in [5.74, 6) is -4.09. The molecular formula is C33H32F2N6O2. The van der Waals surface area contributed by atoms with Crippen molar-refractivity contribution in [3.05, 3.63) is 113 Å². The Balaban J connectivity index is 1.37. The van der Waals surface area contributed by atoms with Crippen LogP contribution in [0, 0.1) is 11.3 Å². The first kappa shape index (κ1) is 29.6. The Labute approximate surface area is 249 Å². The van der Waals surface area contributed by atoms with Gasteiger partial charge in [0.05, 0.1) is 36.1 Å². The van der Waals surface area contributed by atoms with E-state index in [9.17, 15) is 14.9 Å². The Hall–Kier alpha value is -4.88. The molecule has 10 heteroatoms. The van der Waals surface area contributed by atoms with Crippen molar-refractivity contribution < 1.29 is 18.4 Å². The van der Waals surface area contributed by atoms with Crippen molar-refractivity contribution in [1.29, 1.82) is 5.26 Å². The molecule has 220 valence electrons. The molecule has 0 radical (unpaired) electrons. The van der Waals surface area contributed by atoms with E-state index in [1.54, 1.807) is 36.4 Å². The lowest BCUT2D eigenvalue weighted by molar-refractivity contribution is 0.0428. The average Bonchev–Trinajstić information content (AvgIpc) is 3.42. The number of nitrogens with zero attached hydrogens (tertiary/aromatic N) is 5. The summed E-state index contributed by atoms with van der Waals surface area (Å²) in [5, 5.41) is 16.8.